The molecule has 0 amide bonds. The summed E-state index contributed by atoms with van der Waals surface area (Å²) in [5.74, 6) is 0. The largest absolute Gasteiger partial charge is 0.377 e. The predicted octanol–water partition coefficient (Wildman–Crippen LogP) is 0.813. The fraction of sp³-hybridized carbons (Fsp3) is 0.500. The first-order valence-corrected chi connectivity index (χ1v) is 6.02. The lowest BCUT2D eigenvalue weighted by atomic mass is 10.6. The van der Waals surface area contributed by atoms with Crippen molar-refractivity contribution in [3.63, 3.8) is 0 Å². The Morgan fingerprint density at radius 1 is 0.722 bits per heavy atom. The van der Waals surface area contributed by atoms with Gasteiger partial charge in [-0.1, -0.05) is 0 Å². The molecule has 98 valence electrons. The minimum absolute atomic E-state index is 0.624. The fourth-order valence-corrected chi connectivity index (χ4v) is 1.50. The Balaban J connectivity index is 1.40. The second-order valence-electron chi connectivity index (χ2n) is 3.83. The minimum atomic E-state index is 0.624. The van der Waals surface area contributed by atoms with Crippen LogP contribution in [0.4, 0.5) is 0 Å². The zero-order valence-corrected chi connectivity index (χ0v) is 10.3. The van der Waals surface area contributed by atoms with E-state index in [-0.39, 0.29) is 0 Å². The van der Waals surface area contributed by atoms with Crippen LogP contribution in [0.1, 0.15) is 0 Å². The molecule has 0 saturated carbocycles. The molecule has 0 aliphatic rings. The predicted molar refractivity (Wildman–Crippen MR) is 66.1 cm³/mol. The number of imidazole rings is 2. The normalized spacial score (nSPS) is 10.9. The summed E-state index contributed by atoms with van der Waals surface area (Å²) < 4.78 is 14.9. The molecule has 18 heavy (non-hydrogen) atoms. The molecule has 6 heteroatoms. The van der Waals surface area contributed by atoms with Gasteiger partial charge in [0.2, 0.25) is 0 Å². The second kappa shape index (κ2) is 7.62. The zero-order valence-electron chi connectivity index (χ0n) is 10.3. The van der Waals surface area contributed by atoms with Crippen LogP contribution in [0.3, 0.4) is 0 Å². The summed E-state index contributed by atoms with van der Waals surface area (Å²) in [6.45, 7) is 4.27. The first-order chi connectivity index (χ1) is 8.95. The molecule has 0 aliphatic heterocycles. The third-order valence-corrected chi connectivity index (χ3v) is 2.48. The molecule has 0 N–H and O–H groups in total. The van der Waals surface area contributed by atoms with E-state index < -0.39 is 0 Å². The number of hydrogen-bond acceptors (Lipinski definition) is 4. The number of hydrogen-bond donors (Lipinski definition) is 0. The molecule has 0 fully saturated rings. The SMILES string of the molecule is c1cn(CCOCCOCCn2ccnc2)cn1. The fourth-order valence-electron chi connectivity index (χ4n) is 1.50. The molecule has 2 heterocycles. The molecule has 0 atom stereocenters. The summed E-state index contributed by atoms with van der Waals surface area (Å²) in [5, 5.41) is 0. The molecule has 0 aliphatic carbocycles. The van der Waals surface area contributed by atoms with Gasteiger partial charge in [-0.3, -0.25) is 0 Å². The molecule has 0 radical (unpaired) electrons. The molecule has 0 aromatic carbocycles. The Bertz CT molecular complexity index is 359. The lowest BCUT2D eigenvalue weighted by molar-refractivity contribution is 0.0420. The number of aromatic nitrogens is 4. The number of ether oxygens (including phenoxy) is 2. The topological polar surface area (TPSA) is 54.1 Å². The van der Waals surface area contributed by atoms with Crippen LogP contribution >= 0.6 is 0 Å². The standard InChI is InChI=1S/C12H18N4O2/c1-3-15(11-13-1)5-7-17-9-10-18-8-6-16-4-2-14-12-16/h1-4,11-12H,5-10H2. The molecular formula is C12H18N4O2. The van der Waals surface area contributed by atoms with Crippen LogP contribution < -0.4 is 0 Å². The molecule has 2 aromatic rings. The van der Waals surface area contributed by atoms with E-state index in [1.807, 2.05) is 21.5 Å². The van der Waals surface area contributed by atoms with Crippen LogP contribution in [0.25, 0.3) is 0 Å². The van der Waals surface area contributed by atoms with Crippen LogP contribution in [0, 0.1) is 0 Å². The number of nitrogens with zero attached hydrogens (tertiary/aromatic N) is 4. The van der Waals surface area contributed by atoms with Crippen LogP contribution in [0.5, 0.6) is 0 Å². The highest BCUT2D eigenvalue weighted by atomic mass is 16.5. The van der Waals surface area contributed by atoms with E-state index in [0.29, 0.717) is 26.4 Å². The van der Waals surface area contributed by atoms with Crippen molar-refractivity contribution in [3.05, 3.63) is 37.4 Å². The lowest BCUT2D eigenvalue weighted by Gasteiger charge is -2.06. The zero-order chi connectivity index (χ0) is 12.5. The first-order valence-electron chi connectivity index (χ1n) is 6.02. The quantitative estimate of drug-likeness (QED) is 0.618. The van der Waals surface area contributed by atoms with Crippen LogP contribution in [0.2, 0.25) is 0 Å². The summed E-state index contributed by atoms with van der Waals surface area (Å²) in [5.41, 5.74) is 0. The van der Waals surface area contributed by atoms with Crippen LogP contribution in [-0.2, 0) is 22.6 Å². The smallest absolute Gasteiger partial charge is 0.0946 e. The number of rotatable bonds is 9. The Morgan fingerprint density at radius 3 is 1.61 bits per heavy atom. The summed E-state index contributed by atoms with van der Waals surface area (Å²) >= 11 is 0. The van der Waals surface area contributed by atoms with Gasteiger partial charge in [0.05, 0.1) is 39.1 Å². The van der Waals surface area contributed by atoms with Crippen molar-refractivity contribution < 1.29 is 9.47 Å². The Labute approximate surface area is 106 Å². The summed E-state index contributed by atoms with van der Waals surface area (Å²) in [7, 11) is 0. The van der Waals surface area contributed by atoms with Gasteiger partial charge in [0.15, 0.2) is 0 Å². The maximum Gasteiger partial charge on any atom is 0.0946 e. The van der Waals surface area contributed by atoms with Gasteiger partial charge < -0.3 is 18.6 Å². The van der Waals surface area contributed by atoms with E-state index in [1.165, 1.54) is 0 Å². The van der Waals surface area contributed by atoms with Crippen molar-refractivity contribution >= 4 is 0 Å². The highest BCUT2D eigenvalue weighted by molar-refractivity contribution is 4.74. The van der Waals surface area contributed by atoms with Gasteiger partial charge in [-0.25, -0.2) is 9.97 Å². The Hall–Kier alpha value is -1.66. The molecule has 0 unspecified atom stereocenters. The molecule has 6 nitrogen and oxygen atoms in total. The van der Waals surface area contributed by atoms with E-state index in [2.05, 4.69) is 9.97 Å². The van der Waals surface area contributed by atoms with E-state index in [9.17, 15) is 0 Å². The van der Waals surface area contributed by atoms with Crippen LogP contribution in [-0.4, -0.2) is 45.5 Å². The van der Waals surface area contributed by atoms with Gasteiger partial charge >= 0.3 is 0 Å². The van der Waals surface area contributed by atoms with E-state index in [0.717, 1.165) is 13.1 Å². The summed E-state index contributed by atoms with van der Waals surface area (Å²) in [4.78, 5) is 7.92. The average molecular weight is 250 g/mol. The van der Waals surface area contributed by atoms with E-state index in [4.69, 9.17) is 9.47 Å². The monoisotopic (exact) mass is 250 g/mol. The molecule has 0 spiro atoms. The van der Waals surface area contributed by atoms with Gasteiger partial charge in [-0.2, -0.15) is 0 Å². The molecular weight excluding hydrogens is 232 g/mol. The van der Waals surface area contributed by atoms with Crippen LogP contribution in [0.15, 0.2) is 37.4 Å². The maximum absolute atomic E-state index is 5.45. The van der Waals surface area contributed by atoms with Crippen molar-refractivity contribution in [1.82, 2.24) is 19.1 Å². The van der Waals surface area contributed by atoms with Crippen molar-refractivity contribution in [2.75, 3.05) is 26.4 Å². The maximum atomic E-state index is 5.45. The lowest BCUT2D eigenvalue weighted by Crippen LogP contribution is -2.11. The van der Waals surface area contributed by atoms with Gasteiger partial charge in [-0.15, -0.1) is 0 Å². The third kappa shape index (κ3) is 4.68. The minimum Gasteiger partial charge on any atom is -0.377 e. The highest BCUT2D eigenvalue weighted by Crippen LogP contribution is 1.89. The molecule has 0 saturated heterocycles. The summed E-state index contributed by atoms with van der Waals surface area (Å²) in [6.07, 6.45) is 10.9. The first kappa shape index (κ1) is 12.8. The van der Waals surface area contributed by atoms with E-state index in [1.54, 1.807) is 25.0 Å². The van der Waals surface area contributed by atoms with Gasteiger partial charge in [0.1, 0.15) is 0 Å². The van der Waals surface area contributed by atoms with E-state index >= 15 is 0 Å². The van der Waals surface area contributed by atoms with Gasteiger partial charge in [0, 0.05) is 37.9 Å². The molecule has 0 bridgehead atoms. The van der Waals surface area contributed by atoms with Crippen molar-refractivity contribution in [3.8, 4) is 0 Å². The average Bonchev–Trinajstić information content (AvgIpc) is 3.05. The van der Waals surface area contributed by atoms with Crippen molar-refractivity contribution in [2.24, 2.45) is 0 Å². The highest BCUT2D eigenvalue weighted by Gasteiger charge is 1.93. The molecule has 2 rings (SSSR count). The second-order valence-corrected chi connectivity index (χ2v) is 3.83. The van der Waals surface area contributed by atoms with Gasteiger partial charge in [0.25, 0.3) is 0 Å². The van der Waals surface area contributed by atoms with Crippen molar-refractivity contribution in [1.29, 1.82) is 0 Å². The Kier molecular flexibility index (Phi) is 5.42. The molecule has 2 aromatic heterocycles. The Morgan fingerprint density at radius 2 is 1.22 bits per heavy atom. The van der Waals surface area contributed by atoms with Gasteiger partial charge in [-0.05, 0) is 0 Å². The van der Waals surface area contributed by atoms with Crippen molar-refractivity contribution in [2.45, 2.75) is 13.1 Å². The third-order valence-electron chi connectivity index (χ3n) is 2.48. The summed E-state index contributed by atoms with van der Waals surface area (Å²) in [6, 6.07) is 0.